The van der Waals surface area contributed by atoms with E-state index in [0.717, 1.165) is 89.9 Å². The van der Waals surface area contributed by atoms with Crippen molar-refractivity contribution in [3.8, 4) is 0 Å². The minimum atomic E-state index is -4.29. The average molecular weight is 681 g/mol. The molecule has 9 heteroatoms. The summed E-state index contributed by atoms with van der Waals surface area (Å²) < 4.78 is 32.4. The number of phosphoric ester groups is 1. The zero-order chi connectivity index (χ0) is 34.7. The summed E-state index contributed by atoms with van der Waals surface area (Å²) in [5.41, 5.74) is 0. The average Bonchev–Trinajstić information content (AvgIpc) is 3.04. The number of rotatable bonds is 32. The molecule has 0 saturated carbocycles. The molecule has 8 nitrogen and oxygen atoms in total. The minimum absolute atomic E-state index is 0.0107. The topological polar surface area (TPSA) is 108 Å². The van der Waals surface area contributed by atoms with Crippen LogP contribution in [0.25, 0.3) is 0 Å². The Bertz CT molecular complexity index is 953. The SMILES string of the molecule is CC/C=C\C/C=C\C/C=C\CCCCCC(=O)OC(COC(=O)CCCCCCC/C=C\C/C=C\CCCC)COP(=O)(O)OCC. The highest BCUT2D eigenvalue weighted by Crippen LogP contribution is 2.43. The van der Waals surface area contributed by atoms with E-state index < -0.39 is 32.5 Å². The fourth-order valence-corrected chi connectivity index (χ4v) is 5.18. The van der Waals surface area contributed by atoms with Crippen LogP contribution in [0.1, 0.15) is 143 Å². The molecule has 0 aliphatic rings. The van der Waals surface area contributed by atoms with Gasteiger partial charge in [-0.1, -0.05) is 113 Å². The largest absolute Gasteiger partial charge is 0.472 e. The number of esters is 2. The fourth-order valence-electron chi connectivity index (χ4n) is 4.42. The van der Waals surface area contributed by atoms with Gasteiger partial charge in [0.05, 0.1) is 13.2 Å². The molecule has 0 aliphatic carbocycles. The molecule has 0 aromatic heterocycles. The highest BCUT2D eigenvalue weighted by Gasteiger charge is 2.25. The summed E-state index contributed by atoms with van der Waals surface area (Å²) >= 11 is 0. The molecule has 0 aromatic carbocycles. The van der Waals surface area contributed by atoms with Gasteiger partial charge in [0.15, 0.2) is 6.10 Å². The van der Waals surface area contributed by atoms with E-state index in [-0.39, 0.29) is 26.1 Å². The Morgan fingerprint density at radius 1 is 0.596 bits per heavy atom. The van der Waals surface area contributed by atoms with Crippen LogP contribution in [0.4, 0.5) is 0 Å². The van der Waals surface area contributed by atoms with Gasteiger partial charge in [-0.2, -0.15) is 0 Å². The van der Waals surface area contributed by atoms with Crippen LogP contribution in [0.15, 0.2) is 60.8 Å². The molecule has 2 atom stereocenters. The van der Waals surface area contributed by atoms with Crippen LogP contribution in [0, 0.1) is 0 Å². The number of carbonyl (C=O) groups excluding carboxylic acids is 2. The maximum absolute atomic E-state index is 12.5. The third-order valence-corrected chi connectivity index (χ3v) is 8.12. The van der Waals surface area contributed by atoms with Gasteiger partial charge in [-0.15, -0.1) is 0 Å². The predicted octanol–water partition coefficient (Wildman–Crippen LogP) is 10.8. The summed E-state index contributed by atoms with van der Waals surface area (Å²) in [6.07, 6.45) is 38.5. The number of allylic oxidation sites excluding steroid dienone is 10. The van der Waals surface area contributed by atoms with Gasteiger partial charge in [0, 0.05) is 12.8 Å². The molecule has 0 heterocycles. The molecule has 270 valence electrons. The van der Waals surface area contributed by atoms with Crippen molar-refractivity contribution in [2.45, 2.75) is 149 Å². The molecule has 0 aromatic rings. The van der Waals surface area contributed by atoms with Crippen molar-refractivity contribution >= 4 is 19.8 Å². The quantitative estimate of drug-likeness (QED) is 0.0324. The minimum Gasteiger partial charge on any atom is -0.462 e. The number of hydrogen-bond acceptors (Lipinski definition) is 7. The molecular formula is C38H65O8P. The van der Waals surface area contributed by atoms with Crippen LogP contribution in [0.5, 0.6) is 0 Å². The normalized spacial score (nSPS) is 14.2. The molecular weight excluding hydrogens is 615 g/mol. The van der Waals surface area contributed by atoms with Crippen molar-refractivity contribution in [2.75, 3.05) is 19.8 Å². The summed E-state index contributed by atoms with van der Waals surface area (Å²) in [5, 5.41) is 0. The lowest BCUT2D eigenvalue weighted by Gasteiger charge is -2.19. The predicted molar refractivity (Wildman–Crippen MR) is 193 cm³/mol. The van der Waals surface area contributed by atoms with Crippen LogP contribution in [-0.4, -0.2) is 42.8 Å². The van der Waals surface area contributed by atoms with Crippen molar-refractivity contribution in [3.63, 3.8) is 0 Å². The van der Waals surface area contributed by atoms with E-state index in [2.05, 4.69) is 74.6 Å². The standard InChI is InChI=1S/C38H65O8P/c1-4-7-9-11-13-15-17-19-21-22-24-26-28-30-32-37(39)43-34-36(35-45-47(41,42)44-6-3)46-38(40)33-31-29-27-25-23-20-18-16-14-12-10-8-5-2/h8,10-11,13-14,16-17,19-20,23,36H,4-7,9,12,15,18,21-22,24-35H2,1-3H3,(H,41,42)/b10-8-,13-11-,16-14-,19-17-,23-20-. The molecule has 0 spiro atoms. The lowest BCUT2D eigenvalue weighted by atomic mass is 10.1. The van der Waals surface area contributed by atoms with E-state index in [1.165, 1.54) is 12.8 Å². The van der Waals surface area contributed by atoms with Crippen LogP contribution in [-0.2, 0) is 32.7 Å². The van der Waals surface area contributed by atoms with Crippen LogP contribution in [0.3, 0.4) is 0 Å². The third-order valence-electron chi connectivity index (χ3n) is 7.06. The van der Waals surface area contributed by atoms with Crippen molar-refractivity contribution in [3.05, 3.63) is 60.8 Å². The van der Waals surface area contributed by atoms with E-state index in [1.807, 2.05) is 0 Å². The van der Waals surface area contributed by atoms with Gasteiger partial charge >= 0.3 is 19.8 Å². The Morgan fingerprint density at radius 3 is 1.66 bits per heavy atom. The Morgan fingerprint density at radius 2 is 1.09 bits per heavy atom. The lowest BCUT2D eigenvalue weighted by molar-refractivity contribution is -0.161. The monoisotopic (exact) mass is 680 g/mol. The van der Waals surface area contributed by atoms with Gasteiger partial charge < -0.3 is 14.4 Å². The maximum atomic E-state index is 12.5. The number of unbranched alkanes of at least 4 members (excludes halogenated alkanes) is 10. The van der Waals surface area contributed by atoms with Crippen LogP contribution >= 0.6 is 7.82 Å². The molecule has 0 amide bonds. The molecule has 0 saturated heterocycles. The van der Waals surface area contributed by atoms with Crippen LogP contribution in [0.2, 0.25) is 0 Å². The summed E-state index contributed by atoms with van der Waals surface area (Å²) in [6.45, 7) is 5.23. The van der Waals surface area contributed by atoms with Crippen molar-refractivity contribution in [1.29, 1.82) is 0 Å². The molecule has 0 radical (unpaired) electrons. The molecule has 0 fully saturated rings. The van der Waals surface area contributed by atoms with Crippen molar-refractivity contribution < 1.29 is 37.6 Å². The second-order valence-electron chi connectivity index (χ2n) is 11.5. The molecule has 0 bridgehead atoms. The summed E-state index contributed by atoms with van der Waals surface area (Å²) in [4.78, 5) is 34.5. The summed E-state index contributed by atoms with van der Waals surface area (Å²) in [6, 6.07) is 0. The highest BCUT2D eigenvalue weighted by atomic mass is 31.2. The molecule has 1 N–H and O–H groups in total. The van der Waals surface area contributed by atoms with E-state index in [1.54, 1.807) is 6.92 Å². The Kier molecular flexibility index (Phi) is 32.0. The van der Waals surface area contributed by atoms with E-state index in [0.29, 0.717) is 6.42 Å². The smallest absolute Gasteiger partial charge is 0.462 e. The number of hydrogen-bond donors (Lipinski definition) is 1. The van der Waals surface area contributed by atoms with Crippen molar-refractivity contribution in [2.24, 2.45) is 0 Å². The fraction of sp³-hybridized carbons (Fsp3) is 0.684. The summed E-state index contributed by atoms with van der Waals surface area (Å²) in [5.74, 6) is -0.857. The summed E-state index contributed by atoms with van der Waals surface area (Å²) in [7, 11) is -4.29. The van der Waals surface area contributed by atoms with E-state index in [4.69, 9.17) is 18.5 Å². The third kappa shape index (κ3) is 33.4. The number of phosphoric acid groups is 1. The van der Waals surface area contributed by atoms with Gasteiger partial charge in [-0.25, -0.2) is 4.57 Å². The zero-order valence-electron chi connectivity index (χ0n) is 29.7. The molecule has 0 rings (SSSR count). The molecule has 2 unspecified atom stereocenters. The molecule has 0 aliphatic heterocycles. The highest BCUT2D eigenvalue weighted by molar-refractivity contribution is 7.47. The first-order valence-corrected chi connectivity index (χ1v) is 19.6. The lowest BCUT2D eigenvalue weighted by Crippen LogP contribution is -2.29. The van der Waals surface area contributed by atoms with E-state index in [9.17, 15) is 19.0 Å². The number of carbonyl (C=O) groups is 2. The van der Waals surface area contributed by atoms with Crippen molar-refractivity contribution in [1.82, 2.24) is 0 Å². The Balaban J connectivity index is 4.27. The zero-order valence-corrected chi connectivity index (χ0v) is 30.6. The van der Waals surface area contributed by atoms with Crippen LogP contribution < -0.4 is 0 Å². The van der Waals surface area contributed by atoms with Gasteiger partial charge in [-0.3, -0.25) is 18.6 Å². The second kappa shape index (κ2) is 33.6. The first-order chi connectivity index (χ1) is 22.8. The van der Waals surface area contributed by atoms with Gasteiger partial charge in [0.2, 0.25) is 0 Å². The first-order valence-electron chi connectivity index (χ1n) is 18.1. The van der Waals surface area contributed by atoms with Gasteiger partial charge in [-0.05, 0) is 77.6 Å². The first kappa shape index (κ1) is 44.8. The van der Waals surface area contributed by atoms with Gasteiger partial charge in [0.25, 0.3) is 0 Å². The number of ether oxygens (including phenoxy) is 2. The maximum Gasteiger partial charge on any atom is 0.472 e. The second-order valence-corrected chi connectivity index (χ2v) is 13.0. The van der Waals surface area contributed by atoms with Gasteiger partial charge in [0.1, 0.15) is 6.61 Å². The Hall–Kier alpha value is -2.25. The molecule has 47 heavy (non-hydrogen) atoms. The van der Waals surface area contributed by atoms with E-state index >= 15 is 0 Å². The Labute approximate surface area is 286 Å².